The number of fused-ring (bicyclic) bond motifs is 1. The van der Waals surface area contributed by atoms with Crippen molar-refractivity contribution in [3.05, 3.63) is 29.0 Å². The lowest BCUT2D eigenvalue weighted by molar-refractivity contribution is 0.641. The number of halogens is 2. The minimum Gasteiger partial charge on any atom is -0.244 e. The summed E-state index contributed by atoms with van der Waals surface area (Å²) in [5, 5.41) is 0.716. The average molecular weight is 246 g/mol. The van der Waals surface area contributed by atoms with Crippen molar-refractivity contribution in [3.8, 4) is 0 Å². The first kappa shape index (κ1) is 8.13. The minimum absolute atomic E-state index is 0.183. The van der Waals surface area contributed by atoms with E-state index < -0.39 is 0 Å². The van der Waals surface area contributed by atoms with Gasteiger partial charge in [0.2, 0.25) is 0 Å². The van der Waals surface area contributed by atoms with E-state index in [4.69, 9.17) is 0 Å². The van der Waals surface area contributed by atoms with Gasteiger partial charge in [0.25, 0.3) is 0 Å². The number of nitrogens with zero attached hydrogens (tertiary/aromatic N) is 1. The fourth-order valence-corrected chi connectivity index (χ4v) is 2.27. The summed E-state index contributed by atoms with van der Waals surface area (Å²) in [6.07, 6.45) is 0. The van der Waals surface area contributed by atoms with E-state index in [2.05, 4.69) is 20.9 Å². The standard InChI is InChI=1S/C8H5BrFNS/c9-3-5-1-2-6(10)8-7(5)11-4-12-8/h1-2,4H,3H2. The molecule has 0 aliphatic heterocycles. The van der Waals surface area contributed by atoms with Crippen LogP contribution in [-0.2, 0) is 5.33 Å². The van der Waals surface area contributed by atoms with Gasteiger partial charge in [0.1, 0.15) is 5.82 Å². The Morgan fingerprint density at radius 2 is 2.33 bits per heavy atom. The third-order valence-electron chi connectivity index (χ3n) is 1.66. The molecule has 1 heterocycles. The molecule has 0 fully saturated rings. The molecule has 0 radical (unpaired) electrons. The number of rotatable bonds is 1. The SMILES string of the molecule is Fc1ccc(CBr)c2ncsc12. The van der Waals surface area contributed by atoms with Crippen molar-refractivity contribution in [1.29, 1.82) is 0 Å². The van der Waals surface area contributed by atoms with Gasteiger partial charge in [0.05, 0.1) is 15.7 Å². The summed E-state index contributed by atoms with van der Waals surface area (Å²) < 4.78 is 13.7. The smallest absolute Gasteiger partial charge is 0.142 e. The molecule has 0 atom stereocenters. The van der Waals surface area contributed by atoms with Crippen LogP contribution in [0.15, 0.2) is 17.6 Å². The van der Waals surface area contributed by atoms with Gasteiger partial charge in [-0.1, -0.05) is 22.0 Å². The Bertz CT molecular complexity index is 412. The molecular weight excluding hydrogens is 241 g/mol. The molecule has 0 saturated heterocycles. The third kappa shape index (κ3) is 1.15. The fourth-order valence-electron chi connectivity index (χ4n) is 1.08. The first-order chi connectivity index (χ1) is 5.83. The molecule has 2 aromatic rings. The van der Waals surface area contributed by atoms with Crippen LogP contribution in [0, 0.1) is 5.82 Å². The maximum absolute atomic E-state index is 13.1. The lowest BCUT2D eigenvalue weighted by atomic mass is 10.2. The highest BCUT2D eigenvalue weighted by molar-refractivity contribution is 9.08. The van der Waals surface area contributed by atoms with E-state index in [0.717, 1.165) is 11.1 Å². The predicted octanol–water partition coefficient (Wildman–Crippen LogP) is 3.33. The second kappa shape index (κ2) is 3.11. The summed E-state index contributed by atoms with van der Waals surface area (Å²) in [6, 6.07) is 3.24. The molecule has 0 bridgehead atoms. The van der Waals surface area contributed by atoms with Gasteiger partial charge in [0, 0.05) is 5.33 Å². The second-order valence-corrected chi connectivity index (χ2v) is 3.79. The van der Waals surface area contributed by atoms with E-state index in [-0.39, 0.29) is 5.82 Å². The fraction of sp³-hybridized carbons (Fsp3) is 0.125. The van der Waals surface area contributed by atoms with E-state index in [9.17, 15) is 4.39 Å². The number of hydrogen-bond acceptors (Lipinski definition) is 2. The first-order valence-corrected chi connectivity index (χ1v) is 5.39. The van der Waals surface area contributed by atoms with Crippen molar-refractivity contribution in [2.75, 3.05) is 0 Å². The highest BCUT2D eigenvalue weighted by Crippen LogP contribution is 2.25. The van der Waals surface area contributed by atoms with Crippen molar-refractivity contribution in [1.82, 2.24) is 4.98 Å². The molecule has 0 saturated carbocycles. The molecule has 0 amide bonds. The van der Waals surface area contributed by atoms with Crippen molar-refractivity contribution in [2.45, 2.75) is 5.33 Å². The van der Waals surface area contributed by atoms with Gasteiger partial charge in [-0.2, -0.15) is 0 Å². The summed E-state index contributed by atoms with van der Waals surface area (Å²) >= 11 is 4.67. The van der Waals surface area contributed by atoms with Gasteiger partial charge in [-0.25, -0.2) is 9.37 Å². The van der Waals surface area contributed by atoms with Crippen LogP contribution >= 0.6 is 27.3 Å². The topological polar surface area (TPSA) is 12.9 Å². The van der Waals surface area contributed by atoms with Crippen molar-refractivity contribution in [3.63, 3.8) is 0 Å². The Labute approximate surface area is 81.4 Å². The highest BCUT2D eigenvalue weighted by Gasteiger charge is 2.06. The zero-order valence-corrected chi connectivity index (χ0v) is 8.45. The summed E-state index contributed by atoms with van der Waals surface area (Å²) in [7, 11) is 0. The largest absolute Gasteiger partial charge is 0.244 e. The molecule has 1 aromatic heterocycles. The predicted molar refractivity (Wildman–Crippen MR) is 52.2 cm³/mol. The van der Waals surface area contributed by atoms with Gasteiger partial charge in [-0.15, -0.1) is 11.3 Å². The molecule has 2 rings (SSSR count). The van der Waals surface area contributed by atoms with Crippen LogP contribution in [0.4, 0.5) is 4.39 Å². The number of thiazole rings is 1. The molecule has 1 aromatic carbocycles. The van der Waals surface area contributed by atoms with Gasteiger partial charge in [-0.05, 0) is 11.6 Å². The van der Waals surface area contributed by atoms with E-state index in [1.807, 2.05) is 0 Å². The van der Waals surface area contributed by atoms with Crippen molar-refractivity contribution < 1.29 is 4.39 Å². The molecule has 62 valence electrons. The first-order valence-electron chi connectivity index (χ1n) is 3.39. The molecule has 0 N–H and O–H groups in total. The van der Waals surface area contributed by atoms with Crippen LogP contribution in [0.3, 0.4) is 0 Å². The Hall–Kier alpha value is -0.480. The molecule has 1 nitrogen and oxygen atoms in total. The Morgan fingerprint density at radius 3 is 3.08 bits per heavy atom. The summed E-state index contributed by atoms with van der Waals surface area (Å²) in [5.41, 5.74) is 3.48. The number of hydrogen-bond donors (Lipinski definition) is 0. The summed E-state index contributed by atoms with van der Waals surface area (Å²) in [6.45, 7) is 0. The number of aromatic nitrogens is 1. The molecule has 4 heteroatoms. The minimum atomic E-state index is -0.183. The molecular formula is C8H5BrFNS. The zero-order valence-electron chi connectivity index (χ0n) is 6.05. The summed E-state index contributed by atoms with van der Waals surface area (Å²) in [5.74, 6) is -0.183. The summed E-state index contributed by atoms with van der Waals surface area (Å²) in [4.78, 5) is 4.10. The van der Waals surface area contributed by atoms with Crippen LogP contribution in [0.2, 0.25) is 0 Å². The zero-order chi connectivity index (χ0) is 8.55. The Balaban J connectivity index is 2.82. The second-order valence-electron chi connectivity index (χ2n) is 2.37. The van der Waals surface area contributed by atoms with E-state index in [1.54, 1.807) is 11.6 Å². The Kier molecular flexibility index (Phi) is 2.11. The monoisotopic (exact) mass is 245 g/mol. The normalized spacial score (nSPS) is 10.8. The Morgan fingerprint density at radius 1 is 1.50 bits per heavy atom. The van der Waals surface area contributed by atoms with Gasteiger partial charge < -0.3 is 0 Å². The van der Waals surface area contributed by atoms with Crippen LogP contribution in [0.1, 0.15) is 5.56 Å². The quantitative estimate of drug-likeness (QED) is 0.703. The molecule has 0 aliphatic rings. The van der Waals surface area contributed by atoms with Crippen LogP contribution in [0.25, 0.3) is 10.2 Å². The molecule has 0 spiro atoms. The van der Waals surface area contributed by atoms with Crippen molar-refractivity contribution in [2.24, 2.45) is 0 Å². The van der Waals surface area contributed by atoms with Gasteiger partial charge in [0.15, 0.2) is 0 Å². The lowest BCUT2D eigenvalue weighted by Crippen LogP contribution is -1.82. The molecule has 12 heavy (non-hydrogen) atoms. The highest BCUT2D eigenvalue weighted by atomic mass is 79.9. The lowest BCUT2D eigenvalue weighted by Gasteiger charge is -1.96. The van der Waals surface area contributed by atoms with Crippen molar-refractivity contribution >= 4 is 37.5 Å². The van der Waals surface area contributed by atoms with E-state index in [1.165, 1.54) is 17.4 Å². The van der Waals surface area contributed by atoms with E-state index in [0.29, 0.717) is 10.0 Å². The third-order valence-corrected chi connectivity index (χ3v) is 3.10. The maximum atomic E-state index is 13.1. The van der Waals surface area contributed by atoms with Gasteiger partial charge >= 0.3 is 0 Å². The van der Waals surface area contributed by atoms with Crippen LogP contribution < -0.4 is 0 Å². The molecule has 0 aliphatic carbocycles. The molecule has 0 unspecified atom stereocenters. The number of alkyl halides is 1. The van der Waals surface area contributed by atoms with E-state index >= 15 is 0 Å². The number of benzene rings is 1. The average Bonchev–Trinajstić information content (AvgIpc) is 2.54. The van der Waals surface area contributed by atoms with Gasteiger partial charge in [-0.3, -0.25) is 0 Å². The van der Waals surface area contributed by atoms with Crippen LogP contribution in [0.5, 0.6) is 0 Å². The van der Waals surface area contributed by atoms with Crippen LogP contribution in [-0.4, -0.2) is 4.98 Å². The maximum Gasteiger partial charge on any atom is 0.142 e.